The Morgan fingerprint density at radius 1 is 0.830 bits per heavy atom. The molecule has 0 saturated heterocycles. The molecule has 0 unspecified atom stereocenters. The summed E-state index contributed by atoms with van der Waals surface area (Å²) in [6.07, 6.45) is 1.93. The Balaban J connectivity index is 1.82. The maximum absolute atomic E-state index is 14.6. The number of benzene rings is 4. The van der Waals surface area contributed by atoms with E-state index in [1.807, 2.05) is 68.4 Å². The molecule has 47 heavy (non-hydrogen) atoms. The van der Waals surface area contributed by atoms with Gasteiger partial charge in [0.25, 0.3) is 10.0 Å². The third-order valence-electron chi connectivity index (χ3n) is 7.82. The predicted molar refractivity (Wildman–Crippen MR) is 184 cm³/mol. The first-order valence-electron chi connectivity index (χ1n) is 15.6. The number of amides is 2. The number of methoxy groups -OCH3 is 2. The van der Waals surface area contributed by atoms with Gasteiger partial charge in [-0.2, -0.15) is 0 Å². The highest BCUT2D eigenvalue weighted by molar-refractivity contribution is 7.92. The second-order valence-electron chi connectivity index (χ2n) is 11.2. The number of unbranched alkanes of at least 4 members (excludes halogenated alkanes) is 1. The van der Waals surface area contributed by atoms with Crippen molar-refractivity contribution in [1.82, 2.24) is 10.2 Å². The first-order valence-corrected chi connectivity index (χ1v) is 17.1. The summed E-state index contributed by atoms with van der Waals surface area (Å²) in [5, 5.41) is 3.01. The molecule has 9 nitrogen and oxygen atoms in total. The van der Waals surface area contributed by atoms with Crippen LogP contribution in [-0.2, 0) is 32.6 Å². The van der Waals surface area contributed by atoms with Crippen LogP contribution in [0.3, 0.4) is 0 Å². The van der Waals surface area contributed by atoms with E-state index in [0.717, 1.165) is 33.8 Å². The number of para-hydroxylation sites is 2. The van der Waals surface area contributed by atoms with Crippen molar-refractivity contribution in [3.05, 3.63) is 120 Å². The van der Waals surface area contributed by atoms with Crippen molar-refractivity contribution in [2.45, 2.75) is 50.6 Å². The van der Waals surface area contributed by atoms with Gasteiger partial charge in [-0.3, -0.25) is 13.9 Å². The third kappa shape index (κ3) is 9.13. The first kappa shape index (κ1) is 35.0. The molecule has 0 radical (unpaired) electrons. The molecular weight excluding hydrogens is 614 g/mol. The fourth-order valence-electron chi connectivity index (χ4n) is 5.29. The van der Waals surface area contributed by atoms with Gasteiger partial charge in [0.1, 0.15) is 24.1 Å². The van der Waals surface area contributed by atoms with Crippen LogP contribution in [0.5, 0.6) is 11.5 Å². The molecule has 0 aromatic heterocycles. The Labute approximate surface area is 278 Å². The Kier molecular flexibility index (Phi) is 12.4. The molecule has 0 aliphatic rings. The number of hydrogen-bond donors (Lipinski definition) is 1. The van der Waals surface area contributed by atoms with Crippen molar-refractivity contribution in [2.24, 2.45) is 0 Å². The first-order chi connectivity index (χ1) is 22.7. The van der Waals surface area contributed by atoms with E-state index in [-0.39, 0.29) is 35.2 Å². The van der Waals surface area contributed by atoms with Crippen LogP contribution in [-0.4, -0.2) is 58.5 Å². The van der Waals surface area contributed by atoms with Gasteiger partial charge in [0.2, 0.25) is 11.8 Å². The smallest absolute Gasteiger partial charge is 0.264 e. The van der Waals surface area contributed by atoms with E-state index in [1.165, 1.54) is 31.3 Å². The summed E-state index contributed by atoms with van der Waals surface area (Å²) in [6, 6.07) is 28.9. The highest BCUT2D eigenvalue weighted by atomic mass is 32.2. The van der Waals surface area contributed by atoms with Gasteiger partial charge in [-0.15, -0.1) is 0 Å². The zero-order valence-electron chi connectivity index (χ0n) is 27.4. The molecule has 0 saturated carbocycles. The second-order valence-corrected chi connectivity index (χ2v) is 13.1. The zero-order chi connectivity index (χ0) is 33.8. The van der Waals surface area contributed by atoms with Gasteiger partial charge in [-0.05, 0) is 60.9 Å². The Morgan fingerprint density at radius 2 is 1.51 bits per heavy atom. The van der Waals surface area contributed by atoms with Crippen LogP contribution in [0.15, 0.2) is 108 Å². The van der Waals surface area contributed by atoms with Crippen LogP contribution in [0.25, 0.3) is 0 Å². The van der Waals surface area contributed by atoms with Gasteiger partial charge < -0.3 is 19.7 Å². The van der Waals surface area contributed by atoms with E-state index < -0.39 is 28.5 Å². The van der Waals surface area contributed by atoms with Crippen LogP contribution in [0.4, 0.5) is 5.69 Å². The van der Waals surface area contributed by atoms with Crippen LogP contribution in [0.1, 0.15) is 36.5 Å². The number of anilines is 1. The van der Waals surface area contributed by atoms with Crippen molar-refractivity contribution in [1.29, 1.82) is 0 Å². The number of carbonyl (C=O) groups excluding carboxylic acids is 2. The molecule has 4 aromatic carbocycles. The number of nitrogens with zero attached hydrogens (tertiary/aromatic N) is 2. The van der Waals surface area contributed by atoms with Crippen LogP contribution >= 0.6 is 0 Å². The highest BCUT2D eigenvalue weighted by Crippen LogP contribution is 2.33. The normalized spacial score (nSPS) is 11.7. The summed E-state index contributed by atoms with van der Waals surface area (Å²) in [5.74, 6) is -0.0713. The third-order valence-corrected chi connectivity index (χ3v) is 9.59. The number of sulfonamides is 1. The van der Waals surface area contributed by atoms with E-state index in [0.29, 0.717) is 12.3 Å². The lowest BCUT2D eigenvalue weighted by molar-refractivity contribution is -0.140. The SMILES string of the molecule is CCCCNC(=O)[C@@H](Cc1ccccc1)N(Cc1cccc(C)c1)C(=O)CN(c1ccccc1OC)S(=O)(=O)c1ccc(OC)cc1. The molecule has 0 aliphatic carbocycles. The highest BCUT2D eigenvalue weighted by Gasteiger charge is 2.35. The predicted octanol–water partition coefficient (Wildman–Crippen LogP) is 5.76. The lowest BCUT2D eigenvalue weighted by atomic mass is 10.0. The van der Waals surface area contributed by atoms with Crippen molar-refractivity contribution >= 4 is 27.5 Å². The number of carbonyl (C=O) groups is 2. The van der Waals surface area contributed by atoms with Crippen LogP contribution in [0, 0.1) is 6.92 Å². The molecule has 1 N–H and O–H groups in total. The molecule has 1 atom stereocenters. The molecule has 0 heterocycles. The minimum atomic E-state index is -4.29. The summed E-state index contributed by atoms with van der Waals surface area (Å²) in [4.78, 5) is 30.0. The molecule has 4 rings (SSSR count). The summed E-state index contributed by atoms with van der Waals surface area (Å²) >= 11 is 0. The van der Waals surface area contributed by atoms with Crippen molar-refractivity contribution in [3.8, 4) is 11.5 Å². The topological polar surface area (TPSA) is 105 Å². The standard InChI is InChI=1S/C37H43N3O6S/c1-5-6-23-38-37(42)34(25-29-14-8-7-9-15-29)39(26-30-16-12-13-28(2)24-30)36(41)27-40(33-17-10-11-18-35(33)46-4)47(43,44)32-21-19-31(45-3)20-22-32/h7-22,24,34H,5-6,23,25-27H2,1-4H3,(H,38,42)/t34-/m1/s1. The summed E-state index contributed by atoms with van der Waals surface area (Å²) in [7, 11) is -1.35. The lowest BCUT2D eigenvalue weighted by Gasteiger charge is -2.34. The maximum Gasteiger partial charge on any atom is 0.264 e. The maximum atomic E-state index is 14.6. The van der Waals surface area contributed by atoms with E-state index in [4.69, 9.17) is 9.47 Å². The van der Waals surface area contributed by atoms with Crippen LogP contribution in [0.2, 0.25) is 0 Å². The molecule has 248 valence electrons. The van der Waals surface area contributed by atoms with Gasteiger partial charge in [0, 0.05) is 19.5 Å². The fraction of sp³-hybridized carbons (Fsp3) is 0.297. The van der Waals surface area contributed by atoms with E-state index in [1.54, 1.807) is 36.4 Å². The molecule has 0 fully saturated rings. The molecule has 2 amide bonds. The van der Waals surface area contributed by atoms with E-state index >= 15 is 0 Å². The minimum Gasteiger partial charge on any atom is -0.497 e. The Bertz CT molecular complexity index is 1730. The van der Waals surface area contributed by atoms with Gasteiger partial charge >= 0.3 is 0 Å². The Hall–Kier alpha value is -4.83. The number of ether oxygens (including phenoxy) is 2. The van der Waals surface area contributed by atoms with Gasteiger partial charge in [-0.25, -0.2) is 8.42 Å². The summed E-state index contributed by atoms with van der Waals surface area (Å²) in [6.45, 7) is 3.98. The molecular formula is C37H43N3O6S. The number of nitrogens with one attached hydrogen (secondary N) is 1. The lowest BCUT2D eigenvalue weighted by Crippen LogP contribution is -2.53. The summed E-state index contributed by atoms with van der Waals surface area (Å²) in [5.41, 5.74) is 2.89. The average Bonchev–Trinajstić information content (AvgIpc) is 3.09. The molecule has 0 aliphatic heterocycles. The van der Waals surface area contributed by atoms with Crippen molar-refractivity contribution < 1.29 is 27.5 Å². The number of aryl methyl sites for hydroxylation is 1. The average molecular weight is 658 g/mol. The molecule has 0 bridgehead atoms. The number of hydrogen-bond acceptors (Lipinski definition) is 6. The fourth-order valence-corrected chi connectivity index (χ4v) is 6.72. The number of rotatable bonds is 16. The zero-order valence-corrected chi connectivity index (χ0v) is 28.2. The van der Waals surface area contributed by atoms with Gasteiger partial charge in [0.05, 0.1) is 24.8 Å². The minimum absolute atomic E-state index is 0.0274. The second kappa shape index (κ2) is 16.6. The van der Waals surface area contributed by atoms with E-state index in [9.17, 15) is 18.0 Å². The quantitative estimate of drug-likeness (QED) is 0.154. The molecule has 10 heteroatoms. The van der Waals surface area contributed by atoms with Crippen LogP contribution < -0.4 is 19.1 Å². The van der Waals surface area contributed by atoms with Gasteiger partial charge in [-0.1, -0.05) is 85.6 Å². The molecule has 4 aromatic rings. The largest absolute Gasteiger partial charge is 0.497 e. The summed E-state index contributed by atoms with van der Waals surface area (Å²) < 4.78 is 40.4. The molecule has 0 spiro atoms. The Morgan fingerprint density at radius 3 is 2.17 bits per heavy atom. The van der Waals surface area contributed by atoms with E-state index in [2.05, 4.69) is 5.32 Å². The van der Waals surface area contributed by atoms with Gasteiger partial charge in [0.15, 0.2) is 0 Å². The van der Waals surface area contributed by atoms with Crippen molar-refractivity contribution in [2.75, 3.05) is 31.6 Å². The van der Waals surface area contributed by atoms with Crippen molar-refractivity contribution in [3.63, 3.8) is 0 Å². The monoisotopic (exact) mass is 657 g/mol.